The first-order valence-corrected chi connectivity index (χ1v) is 6.84. The van der Waals surface area contributed by atoms with Crippen LogP contribution in [0.5, 0.6) is 0 Å². The van der Waals surface area contributed by atoms with E-state index in [4.69, 9.17) is 9.47 Å². The molecule has 0 unspecified atom stereocenters. The molecule has 0 rings (SSSR count). The molecule has 0 fully saturated rings. The number of rotatable bonds is 7. The van der Waals surface area contributed by atoms with Crippen LogP contribution in [0.1, 0.15) is 54.4 Å². The molecule has 5 heteroatoms. The molecular formula is C14H27NO4. The van der Waals surface area contributed by atoms with Crippen molar-refractivity contribution >= 4 is 11.9 Å². The minimum absolute atomic E-state index is 0.00222. The van der Waals surface area contributed by atoms with Gasteiger partial charge in [0.15, 0.2) is 0 Å². The van der Waals surface area contributed by atoms with Crippen LogP contribution >= 0.6 is 0 Å². The van der Waals surface area contributed by atoms with E-state index in [2.05, 4.69) is 5.32 Å². The molecule has 0 aromatic heterocycles. The van der Waals surface area contributed by atoms with Gasteiger partial charge in [-0.3, -0.25) is 14.9 Å². The third kappa shape index (κ3) is 6.05. The second-order valence-electron chi connectivity index (χ2n) is 5.45. The van der Waals surface area contributed by atoms with Gasteiger partial charge >= 0.3 is 11.9 Å². The highest BCUT2D eigenvalue weighted by atomic mass is 16.6. The first-order chi connectivity index (χ1) is 8.70. The maximum Gasteiger partial charge on any atom is 0.326 e. The van der Waals surface area contributed by atoms with E-state index in [9.17, 15) is 9.59 Å². The van der Waals surface area contributed by atoms with Gasteiger partial charge < -0.3 is 9.47 Å². The van der Waals surface area contributed by atoms with E-state index in [-0.39, 0.29) is 18.5 Å². The average molecular weight is 273 g/mol. The summed E-state index contributed by atoms with van der Waals surface area (Å²) in [6.45, 7) is 11.3. The Kier molecular flexibility index (Phi) is 7.05. The third-order valence-electron chi connectivity index (χ3n) is 2.86. The molecule has 112 valence electrons. The average Bonchev–Trinajstić information content (AvgIpc) is 2.29. The summed E-state index contributed by atoms with van der Waals surface area (Å²) in [5.74, 6) is -0.688. The van der Waals surface area contributed by atoms with E-state index in [1.165, 1.54) is 0 Å². The maximum absolute atomic E-state index is 12.0. The molecule has 19 heavy (non-hydrogen) atoms. The summed E-state index contributed by atoms with van der Waals surface area (Å²) in [5, 5.41) is 2.99. The van der Waals surface area contributed by atoms with Crippen LogP contribution in [0.2, 0.25) is 0 Å². The standard InChI is InChI=1S/C14H27NO4/c1-7-14(8-2,12(17)18-9-3)15-10-11(16)19-13(4,5)6/h15H,7-10H2,1-6H3. The normalized spacial score (nSPS) is 12.1. The first kappa shape index (κ1) is 17.9. The third-order valence-corrected chi connectivity index (χ3v) is 2.86. The van der Waals surface area contributed by atoms with Gasteiger partial charge in [0, 0.05) is 0 Å². The lowest BCUT2D eigenvalue weighted by molar-refractivity contribution is -0.156. The van der Waals surface area contributed by atoms with E-state index >= 15 is 0 Å². The van der Waals surface area contributed by atoms with Gasteiger partial charge in [0.05, 0.1) is 13.2 Å². The van der Waals surface area contributed by atoms with Crippen molar-refractivity contribution in [2.75, 3.05) is 13.2 Å². The van der Waals surface area contributed by atoms with Gasteiger partial charge in [-0.25, -0.2) is 0 Å². The van der Waals surface area contributed by atoms with Gasteiger partial charge in [0.1, 0.15) is 11.1 Å². The highest BCUT2D eigenvalue weighted by Gasteiger charge is 2.36. The molecule has 0 bridgehead atoms. The van der Waals surface area contributed by atoms with E-state index in [0.29, 0.717) is 19.4 Å². The van der Waals surface area contributed by atoms with Crippen molar-refractivity contribution in [3.8, 4) is 0 Å². The van der Waals surface area contributed by atoms with E-state index in [1.807, 2.05) is 34.6 Å². The molecule has 0 saturated carbocycles. The predicted octanol–water partition coefficient (Wildman–Crippen LogP) is 2.04. The predicted molar refractivity (Wildman–Crippen MR) is 73.8 cm³/mol. The van der Waals surface area contributed by atoms with Crippen LogP contribution in [-0.4, -0.2) is 36.2 Å². The lowest BCUT2D eigenvalue weighted by Crippen LogP contribution is -2.54. The first-order valence-electron chi connectivity index (χ1n) is 6.84. The Morgan fingerprint density at radius 3 is 1.95 bits per heavy atom. The lowest BCUT2D eigenvalue weighted by Gasteiger charge is -2.30. The number of hydrogen-bond acceptors (Lipinski definition) is 5. The van der Waals surface area contributed by atoms with E-state index < -0.39 is 11.1 Å². The Labute approximate surface area is 116 Å². The SMILES string of the molecule is CCOC(=O)C(CC)(CC)NCC(=O)OC(C)(C)C. The van der Waals surface area contributed by atoms with Crippen LogP contribution in [0, 0.1) is 0 Å². The molecule has 0 radical (unpaired) electrons. The number of hydrogen-bond donors (Lipinski definition) is 1. The Hall–Kier alpha value is -1.10. The van der Waals surface area contributed by atoms with E-state index in [0.717, 1.165) is 0 Å². The van der Waals surface area contributed by atoms with E-state index in [1.54, 1.807) is 6.92 Å². The molecule has 0 aromatic carbocycles. The molecule has 5 nitrogen and oxygen atoms in total. The van der Waals surface area contributed by atoms with Crippen molar-refractivity contribution in [1.82, 2.24) is 5.32 Å². The van der Waals surface area contributed by atoms with Gasteiger partial charge in [-0.15, -0.1) is 0 Å². The van der Waals surface area contributed by atoms with Gasteiger partial charge in [0.25, 0.3) is 0 Å². The van der Waals surface area contributed by atoms with Crippen molar-refractivity contribution in [2.24, 2.45) is 0 Å². The molecule has 0 aliphatic rings. The van der Waals surface area contributed by atoms with Crippen molar-refractivity contribution < 1.29 is 19.1 Å². The summed E-state index contributed by atoms with van der Waals surface area (Å²) in [6.07, 6.45) is 1.12. The van der Waals surface area contributed by atoms with Crippen LogP contribution in [0.15, 0.2) is 0 Å². The molecular weight excluding hydrogens is 246 g/mol. The monoisotopic (exact) mass is 273 g/mol. The van der Waals surface area contributed by atoms with Gasteiger partial charge in [-0.05, 0) is 40.5 Å². The second kappa shape index (κ2) is 7.48. The van der Waals surface area contributed by atoms with Crippen molar-refractivity contribution in [3.63, 3.8) is 0 Å². The Morgan fingerprint density at radius 1 is 1.05 bits per heavy atom. The summed E-state index contributed by atoms with van der Waals surface area (Å²) in [4.78, 5) is 23.7. The van der Waals surface area contributed by atoms with Crippen LogP contribution in [0.3, 0.4) is 0 Å². The molecule has 0 heterocycles. The quantitative estimate of drug-likeness (QED) is 0.719. The number of carbonyl (C=O) groups excluding carboxylic acids is 2. The second-order valence-corrected chi connectivity index (χ2v) is 5.45. The number of carbonyl (C=O) groups is 2. The molecule has 0 atom stereocenters. The molecule has 1 N–H and O–H groups in total. The van der Waals surface area contributed by atoms with Crippen LogP contribution < -0.4 is 5.32 Å². The van der Waals surface area contributed by atoms with Crippen LogP contribution in [0.4, 0.5) is 0 Å². The summed E-state index contributed by atoms with van der Waals surface area (Å²) in [7, 11) is 0. The zero-order valence-electron chi connectivity index (χ0n) is 13.0. The maximum atomic E-state index is 12.0. The summed E-state index contributed by atoms with van der Waals surface area (Å²) in [6, 6.07) is 0. The Morgan fingerprint density at radius 2 is 1.58 bits per heavy atom. The van der Waals surface area contributed by atoms with Crippen molar-refractivity contribution in [1.29, 1.82) is 0 Å². The summed E-state index contributed by atoms with van der Waals surface area (Å²) in [5.41, 5.74) is -1.34. The topological polar surface area (TPSA) is 64.6 Å². The Bertz CT molecular complexity index is 303. The molecule has 0 spiro atoms. The number of ether oxygens (including phenoxy) is 2. The number of esters is 2. The highest BCUT2D eigenvalue weighted by Crippen LogP contribution is 2.17. The van der Waals surface area contributed by atoms with Gasteiger partial charge in [-0.1, -0.05) is 13.8 Å². The van der Waals surface area contributed by atoms with Gasteiger partial charge in [-0.2, -0.15) is 0 Å². The van der Waals surface area contributed by atoms with Crippen molar-refractivity contribution in [2.45, 2.75) is 65.5 Å². The minimum Gasteiger partial charge on any atom is -0.465 e. The summed E-state index contributed by atoms with van der Waals surface area (Å²) >= 11 is 0. The largest absolute Gasteiger partial charge is 0.465 e. The minimum atomic E-state index is -0.813. The summed E-state index contributed by atoms with van der Waals surface area (Å²) < 4.78 is 10.3. The number of nitrogens with one attached hydrogen (secondary N) is 1. The zero-order chi connectivity index (χ0) is 15.1. The fourth-order valence-electron chi connectivity index (χ4n) is 1.75. The molecule has 0 aromatic rings. The van der Waals surface area contributed by atoms with Crippen LogP contribution in [-0.2, 0) is 19.1 Å². The fourth-order valence-corrected chi connectivity index (χ4v) is 1.75. The zero-order valence-corrected chi connectivity index (χ0v) is 13.0. The van der Waals surface area contributed by atoms with Crippen molar-refractivity contribution in [3.05, 3.63) is 0 Å². The fraction of sp³-hybridized carbons (Fsp3) is 0.857. The Balaban J connectivity index is 4.60. The molecule has 0 aliphatic heterocycles. The highest BCUT2D eigenvalue weighted by molar-refractivity contribution is 5.82. The lowest BCUT2D eigenvalue weighted by atomic mass is 9.93. The van der Waals surface area contributed by atoms with Crippen LogP contribution in [0.25, 0.3) is 0 Å². The molecule has 0 amide bonds. The molecule has 0 aliphatic carbocycles. The smallest absolute Gasteiger partial charge is 0.326 e. The molecule has 0 saturated heterocycles. The van der Waals surface area contributed by atoms with Gasteiger partial charge in [0.2, 0.25) is 0 Å².